The van der Waals surface area contributed by atoms with Gasteiger partial charge in [-0.15, -0.1) is 0 Å². The Morgan fingerprint density at radius 2 is 2.33 bits per heavy atom. The first-order valence-electron chi connectivity index (χ1n) is 4.10. The summed E-state index contributed by atoms with van der Waals surface area (Å²) in [6.07, 6.45) is 4.05. The maximum Gasteiger partial charge on any atom is 0.229 e. The van der Waals surface area contributed by atoms with E-state index in [1.165, 1.54) is 0 Å². The van der Waals surface area contributed by atoms with Gasteiger partial charge in [0.25, 0.3) is 0 Å². The van der Waals surface area contributed by atoms with Crippen molar-refractivity contribution in [2.75, 3.05) is 18.6 Å². The van der Waals surface area contributed by atoms with Gasteiger partial charge in [0.05, 0.1) is 5.75 Å². The van der Waals surface area contributed by atoms with E-state index in [0.29, 0.717) is 10.6 Å². The number of alkyl halides is 1. The van der Waals surface area contributed by atoms with E-state index in [1.54, 1.807) is 11.8 Å². The average Bonchev–Trinajstić information content (AvgIpc) is 2.04. The minimum atomic E-state index is 0.137. The quantitative estimate of drug-likeness (QED) is 0.735. The van der Waals surface area contributed by atoms with Gasteiger partial charge in [0.2, 0.25) is 5.91 Å². The summed E-state index contributed by atoms with van der Waals surface area (Å²) in [4.78, 5) is 11.5. The van der Waals surface area contributed by atoms with Crippen LogP contribution in [0.15, 0.2) is 0 Å². The van der Waals surface area contributed by atoms with E-state index in [0.717, 1.165) is 19.4 Å². The molecule has 4 heteroatoms. The molecule has 72 valence electrons. The molecule has 0 heterocycles. The van der Waals surface area contributed by atoms with Gasteiger partial charge in [-0.2, -0.15) is 11.8 Å². The molecular weight excluding hydrogens is 238 g/mol. The summed E-state index contributed by atoms with van der Waals surface area (Å²) in [5, 5.41) is 2.86. The lowest BCUT2D eigenvalue weighted by Crippen LogP contribution is -2.27. The summed E-state index contributed by atoms with van der Waals surface area (Å²) < 4.78 is 0. The Kier molecular flexibility index (Phi) is 8.12. The summed E-state index contributed by atoms with van der Waals surface area (Å²) in [6, 6.07) is 0. The minimum Gasteiger partial charge on any atom is -0.355 e. The first-order chi connectivity index (χ1) is 5.70. The van der Waals surface area contributed by atoms with Crippen LogP contribution in [-0.4, -0.2) is 29.3 Å². The predicted octanol–water partition coefficient (Wildman–Crippen LogP) is 2.03. The van der Waals surface area contributed by atoms with Gasteiger partial charge in [0.15, 0.2) is 0 Å². The Bertz CT molecular complexity index is 132. The SMILES string of the molecule is CCC(Br)CCNC(=O)CSC. The molecule has 0 spiro atoms. The molecule has 0 aromatic heterocycles. The zero-order chi connectivity index (χ0) is 9.40. The van der Waals surface area contributed by atoms with E-state index in [2.05, 4.69) is 28.2 Å². The van der Waals surface area contributed by atoms with Crippen LogP contribution in [0.5, 0.6) is 0 Å². The zero-order valence-corrected chi connectivity index (χ0v) is 10.0. The van der Waals surface area contributed by atoms with Gasteiger partial charge in [0.1, 0.15) is 0 Å². The van der Waals surface area contributed by atoms with Crippen LogP contribution in [-0.2, 0) is 4.79 Å². The minimum absolute atomic E-state index is 0.137. The number of thioether (sulfide) groups is 1. The number of hydrogen-bond acceptors (Lipinski definition) is 2. The Morgan fingerprint density at radius 3 is 2.83 bits per heavy atom. The van der Waals surface area contributed by atoms with E-state index in [4.69, 9.17) is 0 Å². The molecule has 2 nitrogen and oxygen atoms in total. The highest BCUT2D eigenvalue weighted by atomic mass is 79.9. The second-order valence-electron chi connectivity index (χ2n) is 2.58. The fraction of sp³-hybridized carbons (Fsp3) is 0.875. The van der Waals surface area contributed by atoms with Crippen molar-refractivity contribution in [2.45, 2.75) is 24.6 Å². The van der Waals surface area contributed by atoms with Gasteiger partial charge >= 0.3 is 0 Å². The molecule has 1 unspecified atom stereocenters. The van der Waals surface area contributed by atoms with Crippen LogP contribution >= 0.6 is 27.7 Å². The third kappa shape index (κ3) is 6.98. The van der Waals surface area contributed by atoms with Crippen molar-refractivity contribution in [3.05, 3.63) is 0 Å². The Hall–Kier alpha value is 0.300. The summed E-state index contributed by atoms with van der Waals surface area (Å²) in [5.41, 5.74) is 0. The number of carbonyl (C=O) groups excluding carboxylic acids is 1. The molecule has 0 rings (SSSR count). The molecule has 1 N–H and O–H groups in total. The molecule has 0 aromatic rings. The lowest BCUT2D eigenvalue weighted by atomic mass is 10.2. The van der Waals surface area contributed by atoms with E-state index in [-0.39, 0.29) is 5.91 Å². The van der Waals surface area contributed by atoms with Gasteiger partial charge in [-0.25, -0.2) is 0 Å². The van der Waals surface area contributed by atoms with E-state index in [1.807, 2.05) is 6.26 Å². The van der Waals surface area contributed by atoms with E-state index < -0.39 is 0 Å². The zero-order valence-electron chi connectivity index (χ0n) is 7.60. The first-order valence-corrected chi connectivity index (χ1v) is 6.41. The van der Waals surface area contributed by atoms with Crippen LogP contribution < -0.4 is 5.32 Å². The van der Waals surface area contributed by atoms with E-state index >= 15 is 0 Å². The molecule has 0 aliphatic rings. The van der Waals surface area contributed by atoms with Gasteiger partial charge in [0, 0.05) is 11.4 Å². The van der Waals surface area contributed by atoms with Crippen molar-refractivity contribution in [1.29, 1.82) is 0 Å². The fourth-order valence-corrected chi connectivity index (χ4v) is 1.35. The number of amides is 1. The highest BCUT2D eigenvalue weighted by Crippen LogP contribution is 2.07. The Balaban J connectivity index is 3.24. The maximum absolute atomic E-state index is 11.0. The maximum atomic E-state index is 11.0. The van der Waals surface area contributed by atoms with Crippen LogP contribution in [0.1, 0.15) is 19.8 Å². The van der Waals surface area contributed by atoms with Crippen LogP contribution in [0.3, 0.4) is 0 Å². The molecule has 1 atom stereocenters. The number of carbonyl (C=O) groups is 1. The molecule has 0 radical (unpaired) electrons. The molecule has 0 bridgehead atoms. The van der Waals surface area contributed by atoms with Gasteiger partial charge in [-0.3, -0.25) is 4.79 Å². The third-order valence-electron chi connectivity index (χ3n) is 1.50. The molecule has 0 saturated heterocycles. The summed E-state index contributed by atoms with van der Waals surface area (Å²) in [7, 11) is 0. The van der Waals surface area contributed by atoms with Crippen molar-refractivity contribution in [3.8, 4) is 0 Å². The van der Waals surface area contributed by atoms with Crippen molar-refractivity contribution >= 4 is 33.6 Å². The largest absolute Gasteiger partial charge is 0.355 e. The third-order valence-corrected chi connectivity index (χ3v) is 3.15. The molecule has 0 aliphatic carbocycles. The van der Waals surface area contributed by atoms with Crippen molar-refractivity contribution in [1.82, 2.24) is 5.32 Å². The van der Waals surface area contributed by atoms with Crippen molar-refractivity contribution in [2.24, 2.45) is 0 Å². The highest BCUT2D eigenvalue weighted by molar-refractivity contribution is 9.09. The van der Waals surface area contributed by atoms with Gasteiger partial charge in [-0.05, 0) is 19.1 Å². The lowest BCUT2D eigenvalue weighted by Gasteiger charge is -2.07. The van der Waals surface area contributed by atoms with Crippen LogP contribution in [0, 0.1) is 0 Å². The first kappa shape index (κ1) is 12.3. The second kappa shape index (κ2) is 7.92. The molecule has 0 fully saturated rings. The van der Waals surface area contributed by atoms with Gasteiger partial charge < -0.3 is 5.32 Å². The summed E-state index contributed by atoms with van der Waals surface area (Å²) >= 11 is 5.06. The predicted molar refractivity (Wildman–Crippen MR) is 59.0 cm³/mol. The smallest absolute Gasteiger partial charge is 0.229 e. The normalized spacial score (nSPS) is 12.6. The van der Waals surface area contributed by atoms with Gasteiger partial charge in [-0.1, -0.05) is 22.9 Å². The fourth-order valence-electron chi connectivity index (χ4n) is 0.754. The Labute approximate surface area is 87.0 Å². The van der Waals surface area contributed by atoms with Crippen molar-refractivity contribution < 1.29 is 4.79 Å². The molecule has 0 saturated carbocycles. The summed E-state index contributed by atoms with van der Waals surface area (Å²) in [5.74, 6) is 0.706. The number of halogens is 1. The molecule has 0 aliphatic heterocycles. The number of rotatable bonds is 6. The topological polar surface area (TPSA) is 29.1 Å². The number of hydrogen-bond donors (Lipinski definition) is 1. The molecule has 12 heavy (non-hydrogen) atoms. The molecule has 0 aromatic carbocycles. The number of nitrogens with one attached hydrogen (secondary N) is 1. The van der Waals surface area contributed by atoms with Crippen molar-refractivity contribution in [3.63, 3.8) is 0 Å². The monoisotopic (exact) mass is 253 g/mol. The van der Waals surface area contributed by atoms with Crippen LogP contribution in [0.2, 0.25) is 0 Å². The van der Waals surface area contributed by atoms with Crippen LogP contribution in [0.4, 0.5) is 0 Å². The average molecular weight is 254 g/mol. The van der Waals surface area contributed by atoms with E-state index in [9.17, 15) is 4.79 Å². The van der Waals surface area contributed by atoms with Crippen LogP contribution in [0.25, 0.3) is 0 Å². The molecule has 1 amide bonds. The highest BCUT2D eigenvalue weighted by Gasteiger charge is 2.02. The Morgan fingerprint density at radius 1 is 1.67 bits per heavy atom. The summed E-state index contributed by atoms with van der Waals surface area (Å²) in [6.45, 7) is 2.91. The molecular formula is C8H16BrNOS. The standard InChI is InChI=1S/C8H16BrNOS/c1-3-7(9)4-5-10-8(11)6-12-2/h7H,3-6H2,1-2H3,(H,10,11). The lowest BCUT2D eigenvalue weighted by molar-refractivity contribution is -0.118. The second-order valence-corrected chi connectivity index (χ2v) is 4.74.